The minimum absolute atomic E-state index is 0.0257. The zero-order chi connectivity index (χ0) is 21.8. The molecule has 1 saturated heterocycles. The van der Waals surface area contributed by atoms with Gasteiger partial charge >= 0.3 is 6.03 Å². The number of likely N-dealkylation sites (tertiary alicyclic amines) is 1. The summed E-state index contributed by atoms with van der Waals surface area (Å²) in [5.41, 5.74) is 1.02. The predicted octanol–water partition coefficient (Wildman–Crippen LogP) is 2.54. The molecule has 9 heteroatoms. The van der Waals surface area contributed by atoms with E-state index >= 15 is 0 Å². The maximum atomic E-state index is 12.6. The molecule has 8 nitrogen and oxygen atoms in total. The molecule has 1 aromatic rings. The van der Waals surface area contributed by atoms with Crippen LogP contribution in [0.25, 0.3) is 0 Å². The Bertz CT molecular complexity index is 838. The van der Waals surface area contributed by atoms with Crippen LogP contribution < -0.4 is 15.4 Å². The maximum absolute atomic E-state index is 12.6. The van der Waals surface area contributed by atoms with E-state index in [0.717, 1.165) is 0 Å². The minimum atomic E-state index is -3.41. The molecule has 1 aromatic carbocycles. The van der Waals surface area contributed by atoms with Gasteiger partial charge in [-0.15, -0.1) is 0 Å². The smallest absolute Gasteiger partial charge is 0.321 e. The fourth-order valence-electron chi connectivity index (χ4n) is 2.88. The van der Waals surface area contributed by atoms with Crippen LogP contribution in [0.5, 0.6) is 0 Å². The molecule has 0 unspecified atom stereocenters. The molecule has 0 saturated carbocycles. The first-order chi connectivity index (χ1) is 13.4. The first kappa shape index (κ1) is 23.2. The summed E-state index contributed by atoms with van der Waals surface area (Å²) in [7, 11) is -3.41. The van der Waals surface area contributed by atoms with Crippen LogP contribution in [0.3, 0.4) is 0 Å². The standard InChI is InChI=1S/C20H32N4O4S/c1-14(2)21-18(25)15-7-6-8-17(13-15)22-19(26)24-11-9-16(10-12-24)23-29(27,28)20(3,4)5/h6-8,13-14,16,23H,9-12H2,1-5H3,(H,21,25)(H,22,26). The number of benzene rings is 1. The Labute approximate surface area is 173 Å². The lowest BCUT2D eigenvalue weighted by molar-refractivity contribution is 0.0943. The van der Waals surface area contributed by atoms with Crippen molar-refractivity contribution in [2.75, 3.05) is 18.4 Å². The van der Waals surface area contributed by atoms with Crippen molar-refractivity contribution in [2.45, 2.75) is 64.3 Å². The second-order valence-corrected chi connectivity index (χ2v) is 11.1. The van der Waals surface area contributed by atoms with Gasteiger partial charge in [-0.2, -0.15) is 0 Å². The van der Waals surface area contributed by atoms with Crippen molar-refractivity contribution >= 4 is 27.6 Å². The van der Waals surface area contributed by atoms with Crippen LogP contribution in [0.15, 0.2) is 24.3 Å². The average molecular weight is 425 g/mol. The zero-order valence-corrected chi connectivity index (χ0v) is 18.6. The van der Waals surface area contributed by atoms with Gasteiger partial charge in [-0.3, -0.25) is 4.79 Å². The monoisotopic (exact) mass is 424 g/mol. The van der Waals surface area contributed by atoms with Crippen LogP contribution in [-0.2, 0) is 10.0 Å². The third kappa shape index (κ3) is 6.43. The van der Waals surface area contributed by atoms with E-state index in [1.165, 1.54) is 0 Å². The second kappa shape index (κ2) is 9.13. The predicted molar refractivity (Wildman–Crippen MR) is 114 cm³/mol. The van der Waals surface area contributed by atoms with E-state index in [1.807, 2.05) is 13.8 Å². The molecule has 0 spiro atoms. The van der Waals surface area contributed by atoms with Gasteiger partial charge < -0.3 is 15.5 Å². The molecule has 29 heavy (non-hydrogen) atoms. The Morgan fingerprint density at radius 2 is 1.76 bits per heavy atom. The third-order valence-corrected chi connectivity index (χ3v) is 6.96. The molecule has 0 atom stereocenters. The SMILES string of the molecule is CC(C)NC(=O)c1cccc(NC(=O)N2CCC(NS(=O)(=O)C(C)(C)C)CC2)c1. The van der Waals surface area contributed by atoms with Gasteiger partial charge in [0, 0.05) is 36.4 Å². The Hall–Kier alpha value is -2.13. The van der Waals surface area contributed by atoms with E-state index in [1.54, 1.807) is 49.9 Å². The number of carbonyl (C=O) groups is 2. The van der Waals surface area contributed by atoms with Crippen molar-refractivity contribution in [1.29, 1.82) is 0 Å². The summed E-state index contributed by atoms with van der Waals surface area (Å²) in [6.07, 6.45) is 1.11. The Kier molecular flexibility index (Phi) is 7.29. The van der Waals surface area contributed by atoms with Crippen molar-refractivity contribution in [3.05, 3.63) is 29.8 Å². The normalized spacial score (nSPS) is 16.0. The Balaban J connectivity index is 1.91. The molecule has 1 fully saturated rings. The summed E-state index contributed by atoms with van der Waals surface area (Å²) in [6, 6.07) is 6.37. The number of urea groups is 1. The van der Waals surface area contributed by atoms with Crippen LogP contribution in [0, 0.1) is 0 Å². The molecule has 2 rings (SSSR count). The number of nitrogens with one attached hydrogen (secondary N) is 3. The summed E-state index contributed by atoms with van der Waals surface area (Å²) in [6.45, 7) is 9.66. The van der Waals surface area contributed by atoms with Crippen LogP contribution in [0.4, 0.5) is 10.5 Å². The van der Waals surface area contributed by atoms with Crippen molar-refractivity contribution in [1.82, 2.24) is 14.9 Å². The highest BCUT2D eigenvalue weighted by Gasteiger charge is 2.33. The van der Waals surface area contributed by atoms with Crippen LogP contribution in [-0.4, -0.2) is 55.2 Å². The molecule has 162 valence electrons. The van der Waals surface area contributed by atoms with Crippen molar-refractivity contribution in [3.63, 3.8) is 0 Å². The van der Waals surface area contributed by atoms with Crippen LogP contribution >= 0.6 is 0 Å². The number of nitrogens with zero attached hydrogens (tertiary/aromatic N) is 1. The summed E-state index contributed by atoms with van der Waals surface area (Å²) in [5, 5.41) is 5.63. The first-order valence-electron chi connectivity index (χ1n) is 9.88. The molecule has 3 amide bonds. The van der Waals surface area contributed by atoms with Gasteiger partial charge in [0.25, 0.3) is 5.91 Å². The van der Waals surface area contributed by atoms with Crippen molar-refractivity contribution < 1.29 is 18.0 Å². The van der Waals surface area contributed by atoms with Crippen molar-refractivity contribution in [2.24, 2.45) is 0 Å². The lowest BCUT2D eigenvalue weighted by atomic mass is 10.1. The number of carbonyl (C=O) groups excluding carboxylic acids is 2. The van der Waals surface area contributed by atoms with Crippen molar-refractivity contribution in [3.8, 4) is 0 Å². The molecule has 1 aliphatic rings. The Morgan fingerprint density at radius 3 is 2.31 bits per heavy atom. The van der Waals surface area contributed by atoms with E-state index in [4.69, 9.17) is 0 Å². The summed E-state index contributed by atoms with van der Waals surface area (Å²) in [4.78, 5) is 26.3. The van der Waals surface area contributed by atoms with E-state index in [2.05, 4.69) is 15.4 Å². The number of piperidine rings is 1. The second-order valence-electron chi connectivity index (χ2n) is 8.63. The number of sulfonamides is 1. The van der Waals surface area contributed by atoms with Gasteiger partial charge in [-0.25, -0.2) is 17.9 Å². The fourth-order valence-corrected chi connectivity index (χ4v) is 3.91. The molecule has 0 bridgehead atoms. The molecule has 0 aliphatic carbocycles. The van der Waals surface area contributed by atoms with E-state index in [-0.39, 0.29) is 24.0 Å². The van der Waals surface area contributed by atoms with Gasteiger partial charge in [0.1, 0.15) is 0 Å². The summed E-state index contributed by atoms with van der Waals surface area (Å²) in [5.74, 6) is -0.192. The fraction of sp³-hybridized carbons (Fsp3) is 0.600. The maximum Gasteiger partial charge on any atom is 0.321 e. The largest absolute Gasteiger partial charge is 0.350 e. The third-order valence-electron chi connectivity index (χ3n) is 4.71. The van der Waals surface area contributed by atoms with Gasteiger partial charge in [0.15, 0.2) is 0 Å². The highest BCUT2D eigenvalue weighted by atomic mass is 32.2. The topological polar surface area (TPSA) is 108 Å². The molecular formula is C20H32N4O4S. The minimum Gasteiger partial charge on any atom is -0.350 e. The zero-order valence-electron chi connectivity index (χ0n) is 17.8. The van der Waals surface area contributed by atoms with E-state index in [0.29, 0.717) is 37.2 Å². The molecule has 1 aliphatic heterocycles. The van der Waals surface area contributed by atoms with Gasteiger partial charge in [-0.05, 0) is 65.7 Å². The van der Waals surface area contributed by atoms with Crippen LogP contribution in [0.1, 0.15) is 57.8 Å². The number of anilines is 1. The Morgan fingerprint density at radius 1 is 1.14 bits per heavy atom. The summed E-state index contributed by atoms with van der Waals surface area (Å²) < 4.78 is 26.5. The van der Waals surface area contributed by atoms with E-state index < -0.39 is 14.8 Å². The molecule has 0 aromatic heterocycles. The molecular weight excluding hydrogens is 392 g/mol. The molecule has 3 N–H and O–H groups in total. The first-order valence-corrected chi connectivity index (χ1v) is 11.4. The number of hydrogen-bond donors (Lipinski definition) is 3. The quantitative estimate of drug-likeness (QED) is 0.675. The molecule has 0 radical (unpaired) electrons. The van der Waals surface area contributed by atoms with Gasteiger partial charge in [-0.1, -0.05) is 6.07 Å². The number of hydrogen-bond acceptors (Lipinski definition) is 4. The number of amides is 3. The van der Waals surface area contributed by atoms with Gasteiger partial charge in [0.05, 0.1) is 4.75 Å². The lowest BCUT2D eigenvalue weighted by Crippen LogP contribution is -2.50. The number of rotatable bonds is 5. The van der Waals surface area contributed by atoms with Gasteiger partial charge in [0.2, 0.25) is 10.0 Å². The highest BCUT2D eigenvalue weighted by Crippen LogP contribution is 2.19. The average Bonchev–Trinajstić information content (AvgIpc) is 2.60. The lowest BCUT2D eigenvalue weighted by Gasteiger charge is -2.33. The highest BCUT2D eigenvalue weighted by molar-refractivity contribution is 7.90. The summed E-state index contributed by atoms with van der Waals surface area (Å²) >= 11 is 0. The van der Waals surface area contributed by atoms with E-state index in [9.17, 15) is 18.0 Å². The molecule has 1 heterocycles. The van der Waals surface area contributed by atoms with Crippen LogP contribution in [0.2, 0.25) is 0 Å².